The summed E-state index contributed by atoms with van der Waals surface area (Å²) < 4.78 is 5.54. The molecule has 194 valence electrons. The number of benzene rings is 2. The van der Waals surface area contributed by atoms with Crippen LogP contribution in [0.4, 0.5) is 0 Å². The average Bonchev–Trinajstić information content (AvgIpc) is 3.52. The van der Waals surface area contributed by atoms with Crippen molar-refractivity contribution in [3.8, 4) is 0 Å². The van der Waals surface area contributed by atoms with Crippen molar-refractivity contribution < 1.29 is 19.1 Å². The summed E-state index contributed by atoms with van der Waals surface area (Å²) in [6.07, 6.45) is 4.63. The number of ether oxygens (including phenoxy) is 1. The van der Waals surface area contributed by atoms with Crippen LogP contribution in [0.5, 0.6) is 0 Å². The molecular formula is C29H30Cl2N2O4. The van der Waals surface area contributed by atoms with Crippen molar-refractivity contribution in [2.45, 2.75) is 54.4 Å². The molecule has 2 heterocycles. The number of imide groups is 1. The number of carbonyl (C=O) groups is 3. The van der Waals surface area contributed by atoms with Gasteiger partial charge < -0.3 is 10.1 Å². The first-order chi connectivity index (χ1) is 17.9. The van der Waals surface area contributed by atoms with Crippen molar-refractivity contribution in [1.29, 1.82) is 0 Å². The Balaban J connectivity index is 1.15. The average molecular weight is 541 g/mol. The Hall–Kier alpha value is -2.41. The fraction of sp³-hybridized carbons (Fsp3) is 0.483. The lowest BCUT2D eigenvalue weighted by Gasteiger charge is -2.54. The Morgan fingerprint density at radius 1 is 0.892 bits per heavy atom. The summed E-state index contributed by atoms with van der Waals surface area (Å²) in [5, 5.41) is 2.93. The van der Waals surface area contributed by atoms with E-state index in [2.05, 4.69) is 5.32 Å². The van der Waals surface area contributed by atoms with Crippen LogP contribution < -0.4 is 5.32 Å². The lowest BCUT2D eigenvalue weighted by Crippen LogP contribution is -2.57. The Bertz CT molecular complexity index is 1140. The van der Waals surface area contributed by atoms with Crippen LogP contribution in [0.2, 0.25) is 0 Å². The third kappa shape index (κ3) is 3.67. The molecule has 6 nitrogen and oxygen atoms in total. The Morgan fingerprint density at radius 3 is 1.92 bits per heavy atom. The number of carbonyl (C=O) groups excluding carboxylic acids is 3. The van der Waals surface area contributed by atoms with Gasteiger partial charge in [0.25, 0.3) is 0 Å². The van der Waals surface area contributed by atoms with E-state index >= 15 is 0 Å². The molecule has 2 bridgehead atoms. The van der Waals surface area contributed by atoms with Gasteiger partial charge in [-0.1, -0.05) is 55.0 Å². The topological polar surface area (TPSA) is 75.7 Å². The van der Waals surface area contributed by atoms with E-state index in [1.165, 1.54) is 4.90 Å². The number of hydrogen-bond donors (Lipinski definition) is 1. The maximum atomic E-state index is 13.8. The minimum atomic E-state index is -1.14. The highest BCUT2D eigenvalue weighted by molar-refractivity contribution is 6.36. The van der Waals surface area contributed by atoms with Crippen molar-refractivity contribution >= 4 is 40.9 Å². The summed E-state index contributed by atoms with van der Waals surface area (Å²) in [5.41, 5.74) is 3.24. The Kier molecular flexibility index (Phi) is 6.33. The van der Waals surface area contributed by atoms with Gasteiger partial charge >= 0.3 is 0 Å². The second-order valence-corrected chi connectivity index (χ2v) is 11.7. The largest absolute Gasteiger partial charge is 0.376 e. The van der Waals surface area contributed by atoms with E-state index in [0.29, 0.717) is 32.4 Å². The molecule has 3 atom stereocenters. The number of halogens is 2. The van der Waals surface area contributed by atoms with Gasteiger partial charge in [-0.2, -0.15) is 0 Å². The standard InChI is InChI=1S/C29H30Cl2N2O4/c30-28-19-10-3-4-11-20(19)29(31,22-13-6-5-12-21(22)28)25-24(28)26(35)33(27(25)36)15-7-1-2-14-23(34)32-17-18-9-8-16-37-18/h3-6,10-13,18,24-25H,1-2,7-9,14-17H2,(H,32,34)/t18-,24-,25-,28?,29?/m0/s1. The molecule has 1 N–H and O–H groups in total. The number of nitrogens with zero attached hydrogens (tertiary/aromatic N) is 1. The number of nitrogens with one attached hydrogen (secondary N) is 1. The minimum absolute atomic E-state index is 0.00936. The van der Waals surface area contributed by atoms with Gasteiger partial charge in [0.1, 0.15) is 9.75 Å². The molecule has 0 radical (unpaired) electrons. The van der Waals surface area contributed by atoms with Crippen LogP contribution in [-0.4, -0.2) is 48.4 Å². The molecule has 7 rings (SSSR count). The van der Waals surface area contributed by atoms with Crippen LogP contribution in [0.1, 0.15) is 60.8 Å². The lowest BCUT2D eigenvalue weighted by molar-refractivity contribution is -0.140. The quantitative estimate of drug-likeness (QED) is 0.305. The van der Waals surface area contributed by atoms with Gasteiger partial charge in [0.05, 0.1) is 17.9 Å². The van der Waals surface area contributed by atoms with Crippen LogP contribution in [0.15, 0.2) is 48.5 Å². The predicted octanol–water partition coefficient (Wildman–Crippen LogP) is 4.44. The minimum Gasteiger partial charge on any atom is -0.376 e. The SMILES string of the molecule is O=C(CCCCCN1C(=O)[C@@H]2[C@@H](C1=O)C1(Cl)c3ccccc3C2(Cl)c2ccccc21)NC[C@@H]1CCCO1. The summed E-state index contributed by atoms with van der Waals surface area (Å²) in [6.45, 7) is 1.63. The molecule has 37 heavy (non-hydrogen) atoms. The first-order valence-electron chi connectivity index (χ1n) is 13.2. The van der Waals surface area contributed by atoms with Gasteiger partial charge in [-0.25, -0.2) is 0 Å². The van der Waals surface area contributed by atoms with E-state index in [-0.39, 0.29) is 23.8 Å². The number of hydrogen-bond acceptors (Lipinski definition) is 4. The van der Waals surface area contributed by atoms with E-state index in [1.807, 2.05) is 48.5 Å². The molecule has 5 aliphatic rings. The van der Waals surface area contributed by atoms with Gasteiger partial charge in [0.2, 0.25) is 17.7 Å². The van der Waals surface area contributed by atoms with E-state index in [9.17, 15) is 14.4 Å². The number of unbranched alkanes of at least 4 members (excludes halogenated alkanes) is 2. The molecule has 2 aromatic rings. The molecule has 3 amide bonds. The summed E-state index contributed by atoms with van der Waals surface area (Å²) in [7, 11) is 0. The van der Waals surface area contributed by atoms with Crippen molar-refractivity contribution in [1.82, 2.24) is 10.2 Å². The monoisotopic (exact) mass is 540 g/mol. The summed E-state index contributed by atoms with van der Waals surface area (Å²) >= 11 is 14.9. The zero-order chi connectivity index (χ0) is 25.8. The van der Waals surface area contributed by atoms with Crippen molar-refractivity contribution in [2.75, 3.05) is 19.7 Å². The van der Waals surface area contributed by atoms with E-state index in [4.69, 9.17) is 27.9 Å². The highest BCUT2D eigenvalue weighted by atomic mass is 35.5. The first-order valence-corrected chi connectivity index (χ1v) is 14.0. The summed E-state index contributed by atoms with van der Waals surface area (Å²) in [6, 6.07) is 15.3. The first kappa shape index (κ1) is 24.9. The van der Waals surface area contributed by atoms with Crippen LogP contribution in [-0.2, 0) is 28.9 Å². The number of alkyl halides is 2. The highest BCUT2D eigenvalue weighted by Crippen LogP contribution is 2.69. The maximum Gasteiger partial charge on any atom is 0.235 e. The number of rotatable bonds is 8. The normalized spacial score (nSPS) is 31.3. The second kappa shape index (κ2) is 9.40. The molecule has 8 heteroatoms. The summed E-state index contributed by atoms with van der Waals surface area (Å²) in [5.74, 6) is -2.02. The third-order valence-electron chi connectivity index (χ3n) is 8.51. The lowest BCUT2D eigenvalue weighted by atomic mass is 9.54. The van der Waals surface area contributed by atoms with Crippen molar-refractivity contribution in [3.05, 3.63) is 70.8 Å². The zero-order valence-electron chi connectivity index (χ0n) is 20.6. The highest BCUT2D eigenvalue weighted by Gasteiger charge is 2.72. The number of likely N-dealkylation sites (tertiary alicyclic amines) is 1. The van der Waals surface area contributed by atoms with Gasteiger partial charge in [-0.15, -0.1) is 23.2 Å². The molecule has 0 unspecified atom stereocenters. The molecule has 0 spiro atoms. The smallest absolute Gasteiger partial charge is 0.235 e. The predicted molar refractivity (Wildman–Crippen MR) is 140 cm³/mol. The second-order valence-electron chi connectivity index (χ2n) is 10.5. The molecule has 3 aliphatic carbocycles. The molecule has 2 aliphatic heterocycles. The third-order valence-corrected chi connectivity index (χ3v) is 9.80. The van der Waals surface area contributed by atoms with Gasteiger partial charge in [0.15, 0.2) is 0 Å². The summed E-state index contributed by atoms with van der Waals surface area (Å²) in [4.78, 5) is 38.8. The van der Waals surface area contributed by atoms with Gasteiger partial charge in [-0.3, -0.25) is 19.3 Å². The van der Waals surface area contributed by atoms with E-state index in [0.717, 1.165) is 48.1 Å². The zero-order valence-corrected chi connectivity index (χ0v) is 22.1. The van der Waals surface area contributed by atoms with Crippen LogP contribution in [0, 0.1) is 11.8 Å². The fourth-order valence-corrected chi connectivity index (χ4v) is 7.90. The molecule has 2 aromatic carbocycles. The maximum absolute atomic E-state index is 13.8. The van der Waals surface area contributed by atoms with Crippen LogP contribution in [0.3, 0.4) is 0 Å². The number of amides is 3. The molecular weight excluding hydrogens is 511 g/mol. The van der Waals surface area contributed by atoms with Gasteiger partial charge in [0, 0.05) is 26.1 Å². The molecule has 0 saturated carbocycles. The molecule has 0 aromatic heterocycles. The Morgan fingerprint density at radius 2 is 1.43 bits per heavy atom. The molecule has 2 saturated heterocycles. The van der Waals surface area contributed by atoms with Crippen molar-refractivity contribution in [3.63, 3.8) is 0 Å². The van der Waals surface area contributed by atoms with Gasteiger partial charge in [-0.05, 0) is 47.9 Å². The van der Waals surface area contributed by atoms with Crippen LogP contribution >= 0.6 is 23.2 Å². The molecule has 2 fully saturated rings. The Labute approximate surface area is 226 Å². The van der Waals surface area contributed by atoms with E-state index in [1.54, 1.807) is 0 Å². The van der Waals surface area contributed by atoms with Crippen molar-refractivity contribution in [2.24, 2.45) is 11.8 Å². The van der Waals surface area contributed by atoms with E-state index < -0.39 is 21.6 Å². The van der Waals surface area contributed by atoms with Crippen LogP contribution in [0.25, 0.3) is 0 Å². The fourth-order valence-electron chi connectivity index (χ4n) is 6.80.